The van der Waals surface area contributed by atoms with Crippen LogP contribution in [0.1, 0.15) is 15.2 Å². The van der Waals surface area contributed by atoms with E-state index in [1.165, 1.54) is 36.2 Å². The second kappa shape index (κ2) is 11.1. The molecular formula is C23H25N3O5S2. The van der Waals surface area contributed by atoms with Crippen LogP contribution in [0.25, 0.3) is 0 Å². The molecule has 1 aromatic heterocycles. The number of nitrogens with zero attached hydrogens (tertiary/aromatic N) is 1. The molecule has 2 amide bonds. The number of carbonyl (C=O) groups excluding carboxylic acids is 2. The molecule has 0 saturated carbocycles. The zero-order valence-electron chi connectivity index (χ0n) is 18.3. The maximum absolute atomic E-state index is 12.6. The Morgan fingerprint density at radius 3 is 2.33 bits per heavy atom. The van der Waals surface area contributed by atoms with Crippen molar-refractivity contribution in [3.63, 3.8) is 0 Å². The summed E-state index contributed by atoms with van der Waals surface area (Å²) in [5.74, 6) is -0.0805. The van der Waals surface area contributed by atoms with Gasteiger partial charge in [0.05, 0.1) is 18.6 Å². The third-order valence-corrected chi connectivity index (χ3v) is 7.17. The van der Waals surface area contributed by atoms with E-state index in [9.17, 15) is 18.0 Å². The molecule has 0 radical (unpaired) electrons. The van der Waals surface area contributed by atoms with Gasteiger partial charge in [0.2, 0.25) is 15.9 Å². The Morgan fingerprint density at radius 2 is 1.73 bits per heavy atom. The maximum atomic E-state index is 12.6. The topological polar surface area (TPSA) is 105 Å². The number of benzene rings is 2. The van der Waals surface area contributed by atoms with Crippen molar-refractivity contribution < 1.29 is 22.7 Å². The Morgan fingerprint density at radius 1 is 1.03 bits per heavy atom. The molecule has 2 aromatic carbocycles. The molecule has 0 spiro atoms. The highest BCUT2D eigenvalue weighted by Gasteiger charge is 2.18. The predicted octanol–water partition coefficient (Wildman–Crippen LogP) is 2.99. The molecule has 0 aliphatic rings. The van der Waals surface area contributed by atoms with Gasteiger partial charge in [-0.15, -0.1) is 11.3 Å². The van der Waals surface area contributed by atoms with E-state index in [0.29, 0.717) is 17.9 Å². The number of amides is 2. The lowest BCUT2D eigenvalue weighted by Gasteiger charge is -2.17. The van der Waals surface area contributed by atoms with Gasteiger partial charge in [-0.2, -0.15) is 0 Å². The number of nitrogens with one attached hydrogen (secondary N) is 2. The lowest BCUT2D eigenvalue weighted by atomic mass is 10.2. The summed E-state index contributed by atoms with van der Waals surface area (Å²) >= 11 is 1.57. The molecule has 0 bridgehead atoms. The molecule has 174 valence electrons. The molecule has 3 rings (SSSR count). The van der Waals surface area contributed by atoms with Gasteiger partial charge in [-0.3, -0.25) is 9.59 Å². The fourth-order valence-corrected chi connectivity index (χ4v) is 4.75. The fourth-order valence-electron chi connectivity index (χ4n) is 3.01. The van der Waals surface area contributed by atoms with Crippen LogP contribution in [0.15, 0.2) is 70.9 Å². The van der Waals surface area contributed by atoms with Crippen LogP contribution in [0.3, 0.4) is 0 Å². The minimum atomic E-state index is -3.68. The van der Waals surface area contributed by atoms with Crippen LogP contribution in [0.5, 0.6) is 5.75 Å². The summed E-state index contributed by atoms with van der Waals surface area (Å²) < 4.78 is 32.6. The van der Waals surface area contributed by atoms with Crippen LogP contribution in [0, 0.1) is 0 Å². The summed E-state index contributed by atoms with van der Waals surface area (Å²) in [5, 5.41) is 4.66. The van der Waals surface area contributed by atoms with E-state index in [0.717, 1.165) is 4.88 Å². The normalized spacial score (nSPS) is 11.1. The summed E-state index contributed by atoms with van der Waals surface area (Å²) in [6, 6.07) is 16.4. The van der Waals surface area contributed by atoms with Crippen molar-refractivity contribution in [1.82, 2.24) is 9.62 Å². The molecule has 0 aliphatic carbocycles. The number of carbonyl (C=O) groups is 2. The number of methoxy groups -OCH3 is 1. The van der Waals surface area contributed by atoms with Gasteiger partial charge in [0.25, 0.3) is 5.91 Å². The molecule has 3 aromatic rings. The largest absolute Gasteiger partial charge is 0.497 e. The highest BCUT2D eigenvalue weighted by molar-refractivity contribution is 7.89. The fraction of sp³-hybridized carbons (Fsp3) is 0.217. The Labute approximate surface area is 197 Å². The summed E-state index contributed by atoms with van der Waals surface area (Å²) in [7, 11) is -0.617. The van der Waals surface area contributed by atoms with E-state index in [1.54, 1.807) is 42.7 Å². The Kier molecular flexibility index (Phi) is 8.21. The monoisotopic (exact) mass is 487 g/mol. The third kappa shape index (κ3) is 6.88. The molecule has 2 N–H and O–H groups in total. The SMILES string of the molecule is COc1ccc(NC(=O)CN(C)C(=O)c2ccc(S(=O)(=O)NCCc3cccs3)cc2)cc1. The van der Waals surface area contributed by atoms with Crippen molar-refractivity contribution in [2.24, 2.45) is 0 Å². The standard InChI is InChI=1S/C23H25N3O5S2/c1-26(16-22(27)25-18-7-9-19(31-2)10-8-18)23(28)17-5-11-21(12-6-17)33(29,30)24-14-13-20-4-3-15-32-20/h3-12,15,24H,13-14,16H2,1-2H3,(H,25,27). The second-order valence-electron chi connectivity index (χ2n) is 7.19. The quantitative estimate of drug-likeness (QED) is 0.458. The average molecular weight is 488 g/mol. The van der Waals surface area contributed by atoms with E-state index in [2.05, 4.69) is 10.0 Å². The summed E-state index contributed by atoms with van der Waals surface area (Å²) in [6.45, 7) is 0.130. The van der Waals surface area contributed by atoms with Gasteiger partial charge < -0.3 is 15.0 Å². The Hall–Kier alpha value is -3.21. The lowest BCUT2D eigenvalue weighted by Crippen LogP contribution is -2.35. The Balaban J connectivity index is 1.54. The van der Waals surface area contributed by atoms with Crippen molar-refractivity contribution in [1.29, 1.82) is 0 Å². The molecule has 0 atom stereocenters. The van der Waals surface area contributed by atoms with E-state index in [4.69, 9.17) is 4.74 Å². The summed E-state index contributed by atoms with van der Waals surface area (Å²) in [4.78, 5) is 27.3. The highest BCUT2D eigenvalue weighted by atomic mass is 32.2. The zero-order valence-corrected chi connectivity index (χ0v) is 19.9. The van der Waals surface area contributed by atoms with Crippen LogP contribution in [-0.4, -0.2) is 52.4 Å². The third-order valence-electron chi connectivity index (χ3n) is 4.76. The van der Waals surface area contributed by atoms with Crippen LogP contribution in [0.2, 0.25) is 0 Å². The van der Waals surface area contributed by atoms with E-state index in [1.807, 2.05) is 17.5 Å². The van der Waals surface area contributed by atoms with E-state index < -0.39 is 15.9 Å². The first-order valence-corrected chi connectivity index (χ1v) is 12.5. The van der Waals surface area contributed by atoms with Gasteiger partial charge in [0, 0.05) is 29.7 Å². The van der Waals surface area contributed by atoms with Gasteiger partial charge in [-0.1, -0.05) is 6.07 Å². The van der Waals surface area contributed by atoms with Crippen molar-refractivity contribution in [3.8, 4) is 5.75 Å². The first kappa shape index (κ1) is 24.4. The maximum Gasteiger partial charge on any atom is 0.254 e. The number of rotatable bonds is 10. The molecule has 10 heteroatoms. The molecule has 0 aliphatic heterocycles. The average Bonchev–Trinajstić information content (AvgIpc) is 3.32. The van der Waals surface area contributed by atoms with E-state index in [-0.39, 0.29) is 29.5 Å². The minimum Gasteiger partial charge on any atom is -0.497 e. The number of anilines is 1. The van der Waals surface area contributed by atoms with Gasteiger partial charge >= 0.3 is 0 Å². The second-order valence-corrected chi connectivity index (χ2v) is 9.99. The Bertz CT molecular complexity index is 1180. The van der Waals surface area contributed by atoms with Gasteiger partial charge in [0.15, 0.2) is 0 Å². The van der Waals surface area contributed by atoms with Crippen molar-refractivity contribution in [2.45, 2.75) is 11.3 Å². The molecule has 0 fully saturated rings. The zero-order chi connectivity index (χ0) is 23.8. The van der Waals surface area contributed by atoms with Gasteiger partial charge in [-0.25, -0.2) is 13.1 Å². The number of sulfonamides is 1. The smallest absolute Gasteiger partial charge is 0.254 e. The molecule has 1 heterocycles. The minimum absolute atomic E-state index is 0.0742. The van der Waals surface area contributed by atoms with Gasteiger partial charge in [0.1, 0.15) is 5.75 Å². The molecular weight excluding hydrogens is 462 g/mol. The summed E-state index contributed by atoms with van der Waals surface area (Å²) in [5.41, 5.74) is 0.870. The predicted molar refractivity (Wildman–Crippen MR) is 128 cm³/mol. The first-order chi connectivity index (χ1) is 15.8. The van der Waals surface area contributed by atoms with Crippen LogP contribution < -0.4 is 14.8 Å². The van der Waals surface area contributed by atoms with Crippen LogP contribution in [-0.2, 0) is 21.2 Å². The molecule has 0 saturated heterocycles. The molecule has 8 nitrogen and oxygen atoms in total. The number of ether oxygens (including phenoxy) is 1. The summed E-state index contributed by atoms with van der Waals surface area (Å²) in [6.07, 6.45) is 0.608. The number of likely N-dealkylation sites (N-methyl/N-ethyl adjacent to an activating group) is 1. The molecule has 0 unspecified atom stereocenters. The van der Waals surface area contributed by atoms with Crippen molar-refractivity contribution in [3.05, 3.63) is 76.5 Å². The van der Waals surface area contributed by atoms with Crippen LogP contribution in [0.4, 0.5) is 5.69 Å². The number of hydrogen-bond donors (Lipinski definition) is 2. The highest BCUT2D eigenvalue weighted by Crippen LogP contribution is 2.16. The van der Waals surface area contributed by atoms with Crippen molar-refractivity contribution in [2.75, 3.05) is 32.6 Å². The van der Waals surface area contributed by atoms with Crippen molar-refractivity contribution >= 4 is 38.9 Å². The van der Waals surface area contributed by atoms with E-state index >= 15 is 0 Å². The number of thiophene rings is 1. The molecule has 33 heavy (non-hydrogen) atoms. The lowest BCUT2D eigenvalue weighted by molar-refractivity contribution is -0.116. The number of hydrogen-bond acceptors (Lipinski definition) is 6. The van der Waals surface area contributed by atoms with Gasteiger partial charge in [-0.05, 0) is 66.4 Å². The first-order valence-electron chi connectivity index (χ1n) is 10.1. The van der Waals surface area contributed by atoms with Crippen LogP contribution >= 0.6 is 11.3 Å².